The van der Waals surface area contributed by atoms with Crippen LogP contribution in [-0.4, -0.2) is 5.91 Å². The zero-order valence-electron chi connectivity index (χ0n) is 8.09. The van der Waals surface area contributed by atoms with Gasteiger partial charge in [0.1, 0.15) is 0 Å². The van der Waals surface area contributed by atoms with Gasteiger partial charge in [0.2, 0.25) is 5.91 Å². The number of carbonyl (C=O) groups is 1. The smallest absolute Gasteiger partial charge is 0.227 e. The minimum atomic E-state index is 0.111. The van der Waals surface area contributed by atoms with E-state index in [1.165, 1.54) is 6.42 Å². The lowest BCUT2D eigenvalue weighted by Crippen LogP contribution is -2.27. The Bertz CT molecular complexity index is 390. The van der Waals surface area contributed by atoms with E-state index >= 15 is 0 Å². The molecule has 0 unspecified atom stereocenters. The van der Waals surface area contributed by atoms with Crippen molar-refractivity contribution in [2.45, 2.75) is 19.3 Å². The molecule has 4 heteroatoms. The SMILES string of the molecule is O=C(Nc1ccc(Br)c(Cl)c1)C1CCC1. The van der Waals surface area contributed by atoms with Crippen LogP contribution in [0.25, 0.3) is 0 Å². The molecule has 0 spiro atoms. The number of benzene rings is 1. The maximum Gasteiger partial charge on any atom is 0.227 e. The highest BCUT2D eigenvalue weighted by Gasteiger charge is 2.25. The topological polar surface area (TPSA) is 29.1 Å². The number of nitrogens with one attached hydrogen (secondary N) is 1. The van der Waals surface area contributed by atoms with Crippen LogP contribution in [0.4, 0.5) is 5.69 Å². The Kier molecular flexibility index (Phi) is 3.32. The van der Waals surface area contributed by atoms with Crippen molar-refractivity contribution in [3.63, 3.8) is 0 Å². The molecule has 2 rings (SSSR count). The van der Waals surface area contributed by atoms with Crippen LogP contribution < -0.4 is 5.32 Å². The first kappa shape index (κ1) is 11.0. The van der Waals surface area contributed by atoms with Crippen LogP contribution in [0.1, 0.15) is 19.3 Å². The summed E-state index contributed by atoms with van der Waals surface area (Å²) in [5, 5.41) is 3.48. The lowest BCUT2D eigenvalue weighted by Gasteiger charge is -2.24. The summed E-state index contributed by atoms with van der Waals surface area (Å²) in [6.45, 7) is 0. The molecular formula is C11H11BrClNO. The van der Waals surface area contributed by atoms with E-state index in [-0.39, 0.29) is 11.8 Å². The molecule has 15 heavy (non-hydrogen) atoms. The van der Waals surface area contributed by atoms with Gasteiger partial charge in [0.15, 0.2) is 0 Å². The minimum absolute atomic E-state index is 0.111. The van der Waals surface area contributed by atoms with Crippen LogP contribution in [-0.2, 0) is 4.79 Å². The minimum Gasteiger partial charge on any atom is -0.326 e. The van der Waals surface area contributed by atoms with Gasteiger partial charge in [-0.2, -0.15) is 0 Å². The van der Waals surface area contributed by atoms with Crippen molar-refractivity contribution in [3.8, 4) is 0 Å². The number of hydrogen-bond acceptors (Lipinski definition) is 1. The van der Waals surface area contributed by atoms with Crippen molar-refractivity contribution in [3.05, 3.63) is 27.7 Å². The van der Waals surface area contributed by atoms with Gasteiger partial charge in [-0.25, -0.2) is 0 Å². The van der Waals surface area contributed by atoms with Gasteiger partial charge in [0.25, 0.3) is 0 Å². The van der Waals surface area contributed by atoms with E-state index < -0.39 is 0 Å². The van der Waals surface area contributed by atoms with Crippen molar-refractivity contribution in [1.82, 2.24) is 0 Å². The highest BCUT2D eigenvalue weighted by molar-refractivity contribution is 9.10. The fourth-order valence-electron chi connectivity index (χ4n) is 1.49. The summed E-state index contributed by atoms with van der Waals surface area (Å²) in [5.74, 6) is 0.312. The van der Waals surface area contributed by atoms with Crippen molar-refractivity contribution in [1.29, 1.82) is 0 Å². The molecule has 0 aromatic heterocycles. The lowest BCUT2D eigenvalue weighted by molar-refractivity contribution is -0.122. The second-order valence-electron chi connectivity index (χ2n) is 3.75. The molecule has 2 nitrogen and oxygen atoms in total. The summed E-state index contributed by atoms with van der Waals surface area (Å²) < 4.78 is 0.839. The number of amides is 1. The summed E-state index contributed by atoms with van der Waals surface area (Å²) >= 11 is 9.23. The Hall–Kier alpha value is -0.540. The average molecular weight is 289 g/mol. The molecule has 1 aliphatic rings. The van der Waals surface area contributed by atoms with E-state index in [0.717, 1.165) is 23.0 Å². The van der Waals surface area contributed by atoms with Gasteiger partial charge in [0, 0.05) is 16.1 Å². The molecule has 0 aliphatic heterocycles. The Labute approximate surface area is 102 Å². The molecule has 80 valence electrons. The third-order valence-electron chi connectivity index (χ3n) is 2.66. The maximum atomic E-state index is 11.6. The Morgan fingerprint density at radius 3 is 2.73 bits per heavy atom. The van der Waals surface area contributed by atoms with E-state index in [0.29, 0.717) is 5.02 Å². The second kappa shape index (κ2) is 4.54. The molecule has 1 aliphatic carbocycles. The van der Waals surface area contributed by atoms with E-state index in [9.17, 15) is 4.79 Å². The molecule has 0 radical (unpaired) electrons. The first-order valence-corrected chi connectivity index (χ1v) is 6.10. The van der Waals surface area contributed by atoms with Crippen LogP contribution in [0.15, 0.2) is 22.7 Å². The van der Waals surface area contributed by atoms with E-state index in [1.807, 2.05) is 12.1 Å². The molecule has 1 aromatic carbocycles. The molecule has 0 heterocycles. The fourth-order valence-corrected chi connectivity index (χ4v) is 1.92. The summed E-state index contributed by atoms with van der Waals surface area (Å²) in [6.07, 6.45) is 3.19. The molecule has 1 aromatic rings. The molecule has 1 N–H and O–H groups in total. The molecule has 0 bridgehead atoms. The van der Waals surface area contributed by atoms with Crippen LogP contribution in [0, 0.1) is 5.92 Å². The number of carbonyl (C=O) groups excluding carboxylic acids is 1. The molecule has 0 saturated heterocycles. The highest BCUT2D eigenvalue weighted by atomic mass is 79.9. The quantitative estimate of drug-likeness (QED) is 0.880. The molecular weight excluding hydrogens is 277 g/mol. The summed E-state index contributed by atoms with van der Waals surface area (Å²) in [4.78, 5) is 11.6. The summed E-state index contributed by atoms with van der Waals surface area (Å²) in [5.41, 5.74) is 0.764. The standard InChI is InChI=1S/C11H11BrClNO/c12-9-5-4-8(6-10(9)13)14-11(15)7-2-1-3-7/h4-7H,1-3H2,(H,14,15). The average Bonchev–Trinajstić information content (AvgIpc) is 2.08. The summed E-state index contributed by atoms with van der Waals surface area (Å²) in [6, 6.07) is 5.42. The van der Waals surface area contributed by atoms with Gasteiger partial charge >= 0.3 is 0 Å². The Morgan fingerprint density at radius 2 is 2.20 bits per heavy atom. The van der Waals surface area contributed by atoms with Gasteiger partial charge in [-0.3, -0.25) is 4.79 Å². The maximum absolute atomic E-state index is 11.6. The normalized spacial score (nSPS) is 15.9. The van der Waals surface area contributed by atoms with E-state index in [1.54, 1.807) is 6.07 Å². The van der Waals surface area contributed by atoms with E-state index in [4.69, 9.17) is 11.6 Å². The zero-order valence-corrected chi connectivity index (χ0v) is 10.4. The largest absolute Gasteiger partial charge is 0.326 e. The van der Waals surface area contributed by atoms with Crippen LogP contribution in [0.5, 0.6) is 0 Å². The van der Waals surface area contributed by atoms with Crippen LogP contribution >= 0.6 is 27.5 Å². The highest BCUT2D eigenvalue weighted by Crippen LogP contribution is 2.29. The first-order chi connectivity index (χ1) is 7.16. The molecule has 1 amide bonds. The number of rotatable bonds is 2. The molecule has 0 atom stereocenters. The van der Waals surface area contributed by atoms with Crippen molar-refractivity contribution < 1.29 is 4.79 Å². The van der Waals surface area contributed by atoms with Crippen molar-refractivity contribution in [2.75, 3.05) is 5.32 Å². The van der Waals surface area contributed by atoms with Crippen LogP contribution in [0.2, 0.25) is 5.02 Å². The summed E-state index contributed by atoms with van der Waals surface area (Å²) in [7, 11) is 0. The van der Waals surface area contributed by atoms with Crippen LogP contribution in [0.3, 0.4) is 0 Å². The molecule has 1 saturated carbocycles. The molecule has 1 fully saturated rings. The first-order valence-electron chi connectivity index (χ1n) is 4.93. The van der Waals surface area contributed by atoms with Gasteiger partial charge < -0.3 is 5.32 Å². The van der Waals surface area contributed by atoms with Gasteiger partial charge in [-0.05, 0) is 47.0 Å². The Balaban J connectivity index is 2.03. The van der Waals surface area contributed by atoms with Crippen molar-refractivity contribution in [2.24, 2.45) is 5.92 Å². The Morgan fingerprint density at radius 1 is 1.47 bits per heavy atom. The number of halogens is 2. The monoisotopic (exact) mass is 287 g/mol. The third-order valence-corrected chi connectivity index (χ3v) is 3.90. The number of anilines is 1. The van der Waals surface area contributed by atoms with E-state index in [2.05, 4.69) is 21.2 Å². The fraction of sp³-hybridized carbons (Fsp3) is 0.364. The second-order valence-corrected chi connectivity index (χ2v) is 5.01. The zero-order chi connectivity index (χ0) is 10.8. The van der Waals surface area contributed by atoms with Gasteiger partial charge in [-0.1, -0.05) is 18.0 Å². The van der Waals surface area contributed by atoms with Gasteiger partial charge in [-0.15, -0.1) is 0 Å². The number of hydrogen-bond donors (Lipinski definition) is 1. The predicted molar refractivity (Wildman–Crippen MR) is 65.1 cm³/mol. The van der Waals surface area contributed by atoms with Gasteiger partial charge in [0.05, 0.1) is 5.02 Å². The van der Waals surface area contributed by atoms with Crippen molar-refractivity contribution >= 4 is 39.1 Å². The predicted octanol–water partition coefficient (Wildman–Crippen LogP) is 3.84. The lowest BCUT2D eigenvalue weighted by atomic mass is 9.85. The third kappa shape index (κ3) is 2.52.